The molecule has 0 spiro atoms. The third-order valence-electron chi connectivity index (χ3n) is 3.51. The van der Waals surface area contributed by atoms with Crippen molar-refractivity contribution < 1.29 is 9.18 Å². The van der Waals surface area contributed by atoms with E-state index >= 15 is 0 Å². The molecule has 1 aromatic rings. The molecule has 1 aromatic carbocycles. The molecule has 1 atom stereocenters. The maximum absolute atomic E-state index is 13.9. The molecule has 18 heavy (non-hydrogen) atoms. The minimum atomic E-state index is -0.461. The molecule has 1 fully saturated rings. The molecular weight excluding hydrogens is 297 g/mol. The molecule has 0 saturated carbocycles. The van der Waals surface area contributed by atoms with Gasteiger partial charge in [-0.25, -0.2) is 4.39 Å². The summed E-state index contributed by atoms with van der Waals surface area (Å²) in [5.41, 5.74) is 0.164. The summed E-state index contributed by atoms with van der Waals surface area (Å²) in [6, 6.07) is 5.09. The van der Waals surface area contributed by atoms with Crippen LogP contribution in [0.15, 0.2) is 22.7 Å². The summed E-state index contributed by atoms with van der Waals surface area (Å²) < 4.78 is 14.3. The van der Waals surface area contributed by atoms with E-state index in [1.807, 2.05) is 4.90 Å². The fourth-order valence-electron chi connectivity index (χ4n) is 2.56. The van der Waals surface area contributed by atoms with Gasteiger partial charge in [-0.1, -0.05) is 19.9 Å². The number of hydrogen-bond donors (Lipinski definition) is 0. The first-order valence-electron chi connectivity index (χ1n) is 6.27. The van der Waals surface area contributed by atoms with E-state index in [1.54, 1.807) is 18.2 Å². The normalized spacial score (nSPS) is 19.6. The standard InChI is InChI=1S/C14H17BrFNO/c1-9(2)12-7-4-8-17(12)14(18)10-5-3-6-11(15)13(10)16/h3,5-6,9,12H,4,7-8H2,1-2H3. The lowest BCUT2D eigenvalue weighted by atomic mass is 10.0. The van der Waals surface area contributed by atoms with Crippen LogP contribution >= 0.6 is 15.9 Å². The first-order valence-corrected chi connectivity index (χ1v) is 7.06. The van der Waals surface area contributed by atoms with Crippen LogP contribution in [0, 0.1) is 11.7 Å². The molecule has 1 heterocycles. The van der Waals surface area contributed by atoms with Crippen LogP contribution in [-0.4, -0.2) is 23.4 Å². The predicted octanol–water partition coefficient (Wildman–Crippen LogP) is 3.85. The number of halogens is 2. The second-order valence-electron chi connectivity index (χ2n) is 5.05. The topological polar surface area (TPSA) is 20.3 Å². The van der Waals surface area contributed by atoms with E-state index in [0.717, 1.165) is 19.4 Å². The molecule has 0 aliphatic carbocycles. The smallest absolute Gasteiger partial charge is 0.257 e. The van der Waals surface area contributed by atoms with Gasteiger partial charge >= 0.3 is 0 Å². The molecule has 2 nitrogen and oxygen atoms in total. The van der Waals surface area contributed by atoms with Crippen molar-refractivity contribution in [2.75, 3.05) is 6.54 Å². The summed E-state index contributed by atoms with van der Waals surface area (Å²) in [5.74, 6) is -0.242. The molecule has 4 heteroatoms. The van der Waals surface area contributed by atoms with E-state index in [-0.39, 0.29) is 17.5 Å². The Labute approximate surface area is 115 Å². The Balaban J connectivity index is 2.28. The average molecular weight is 314 g/mol. The molecule has 1 unspecified atom stereocenters. The minimum Gasteiger partial charge on any atom is -0.335 e. The maximum Gasteiger partial charge on any atom is 0.257 e. The third kappa shape index (κ3) is 2.44. The van der Waals surface area contributed by atoms with E-state index < -0.39 is 5.82 Å². The first-order chi connectivity index (χ1) is 8.52. The quantitative estimate of drug-likeness (QED) is 0.812. The highest BCUT2D eigenvalue weighted by Gasteiger charge is 2.32. The zero-order chi connectivity index (χ0) is 13.3. The number of carbonyl (C=O) groups excluding carboxylic acids is 1. The fraction of sp³-hybridized carbons (Fsp3) is 0.500. The van der Waals surface area contributed by atoms with Gasteiger partial charge in [0.15, 0.2) is 0 Å². The van der Waals surface area contributed by atoms with Crippen molar-refractivity contribution in [3.63, 3.8) is 0 Å². The van der Waals surface area contributed by atoms with Gasteiger partial charge in [-0.15, -0.1) is 0 Å². The van der Waals surface area contributed by atoms with Crippen LogP contribution in [0.25, 0.3) is 0 Å². The Morgan fingerprint density at radius 3 is 2.89 bits per heavy atom. The zero-order valence-electron chi connectivity index (χ0n) is 10.6. The molecule has 0 N–H and O–H groups in total. The Morgan fingerprint density at radius 2 is 2.22 bits per heavy atom. The number of likely N-dealkylation sites (tertiary alicyclic amines) is 1. The Hall–Kier alpha value is -0.900. The van der Waals surface area contributed by atoms with Gasteiger partial charge in [0.1, 0.15) is 5.82 Å². The Kier molecular flexibility index (Phi) is 4.05. The van der Waals surface area contributed by atoms with Gasteiger partial charge < -0.3 is 4.90 Å². The number of amides is 1. The summed E-state index contributed by atoms with van der Waals surface area (Å²) >= 11 is 3.12. The molecule has 1 saturated heterocycles. The van der Waals surface area contributed by atoms with Crippen molar-refractivity contribution in [3.05, 3.63) is 34.1 Å². The van der Waals surface area contributed by atoms with Gasteiger partial charge in [0.2, 0.25) is 0 Å². The van der Waals surface area contributed by atoms with Gasteiger partial charge in [0.05, 0.1) is 10.0 Å². The lowest BCUT2D eigenvalue weighted by Crippen LogP contribution is -2.38. The summed E-state index contributed by atoms with van der Waals surface area (Å²) in [4.78, 5) is 14.2. The highest BCUT2D eigenvalue weighted by atomic mass is 79.9. The van der Waals surface area contributed by atoms with E-state index in [2.05, 4.69) is 29.8 Å². The average Bonchev–Trinajstić information content (AvgIpc) is 2.81. The number of nitrogens with zero attached hydrogens (tertiary/aromatic N) is 1. The van der Waals surface area contributed by atoms with Crippen LogP contribution in [-0.2, 0) is 0 Å². The molecule has 1 aliphatic rings. The SMILES string of the molecule is CC(C)C1CCCN1C(=O)c1cccc(Br)c1F. The van der Waals surface area contributed by atoms with Crippen molar-refractivity contribution in [2.24, 2.45) is 5.92 Å². The van der Waals surface area contributed by atoms with E-state index in [4.69, 9.17) is 0 Å². The van der Waals surface area contributed by atoms with Crippen LogP contribution < -0.4 is 0 Å². The number of benzene rings is 1. The molecule has 1 amide bonds. The van der Waals surface area contributed by atoms with Crippen LogP contribution in [0.5, 0.6) is 0 Å². The van der Waals surface area contributed by atoms with Gasteiger partial charge in [-0.2, -0.15) is 0 Å². The van der Waals surface area contributed by atoms with Crippen LogP contribution in [0.3, 0.4) is 0 Å². The predicted molar refractivity (Wildman–Crippen MR) is 73.0 cm³/mol. The zero-order valence-corrected chi connectivity index (χ0v) is 12.2. The van der Waals surface area contributed by atoms with Gasteiger partial charge in [-0.3, -0.25) is 4.79 Å². The molecule has 0 bridgehead atoms. The van der Waals surface area contributed by atoms with Crippen LogP contribution in [0.2, 0.25) is 0 Å². The highest BCUT2D eigenvalue weighted by molar-refractivity contribution is 9.10. The molecule has 0 radical (unpaired) electrons. The molecule has 1 aliphatic heterocycles. The highest BCUT2D eigenvalue weighted by Crippen LogP contribution is 2.27. The van der Waals surface area contributed by atoms with Crippen molar-refractivity contribution in [1.82, 2.24) is 4.90 Å². The van der Waals surface area contributed by atoms with Crippen LogP contribution in [0.1, 0.15) is 37.0 Å². The lowest BCUT2D eigenvalue weighted by molar-refractivity contribution is 0.0696. The summed E-state index contributed by atoms with van der Waals surface area (Å²) in [6.45, 7) is 4.94. The number of hydrogen-bond acceptors (Lipinski definition) is 1. The monoisotopic (exact) mass is 313 g/mol. The number of rotatable bonds is 2. The summed E-state index contributed by atoms with van der Waals surface area (Å²) in [6.07, 6.45) is 2.02. The van der Waals surface area contributed by atoms with E-state index in [0.29, 0.717) is 10.4 Å². The third-order valence-corrected chi connectivity index (χ3v) is 4.12. The summed E-state index contributed by atoms with van der Waals surface area (Å²) in [5, 5.41) is 0. The van der Waals surface area contributed by atoms with Crippen molar-refractivity contribution in [2.45, 2.75) is 32.7 Å². The number of carbonyl (C=O) groups is 1. The van der Waals surface area contributed by atoms with Crippen molar-refractivity contribution in [1.29, 1.82) is 0 Å². The minimum absolute atomic E-state index is 0.164. The van der Waals surface area contributed by atoms with Crippen molar-refractivity contribution in [3.8, 4) is 0 Å². The second kappa shape index (κ2) is 5.39. The maximum atomic E-state index is 13.9. The first kappa shape index (κ1) is 13.5. The largest absolute Gasteiger partial charge is 0.335 e. The van der Waals surface area contributed by atoms with Gasteiger partial charge in [0.25, 0.3) is 5.91 Å². The van der Waals surface area contributed by atoms with Gasteiger partial charge in [-0.05, 0) is 46.8 Å². The fourth-order valence-corrected chi connectivity index (χ4v) is 2.93. The molecule has 0 aromatic heterocycles. The lowest BCUT2D eigenvalue weighted by Gasteiger charge is -2.28. The van der Waals surface area contributed by atoms with Crippen molar-refractivity contribution >= 4 is 21.8 Å². The second-order valence-corrected chi connectivity index (χ2v) is 5.91. The van der Waals surface area contributed by atoms with E-state index in [1.165, 1.54) is 0 Å². The molecular formula is C14H17BrFNO. The molecule has 98 valence electrons. The van der Waals surface area contributed by atoms with E-state index in [9.17, 15) is 9.18 Å². The van der Waals surface area contributed by atoms with Gasteiger partial charge in [0, 0.05) is 12.6 Å². The summed E-state index contributed by atoms with van der Waals surface area (Å²) in [7, 11) is 0. The van der Waals surface area contributed by atoms with Crippen LogP contribution in [0.4, 0.5) is 4.39 Å². The molecule has 2 rings (SSSR count). The Bertz CT molecular complexity index is 461. The Morgan fingerprint density at radius 1 is 1.50 bits per heavy atom.